The second-order valence-corrected chi connectivity index (χ2v) is 5.57. The van der Waals surface area contributed by atoms with Gasteiger partial charge in [0.25, 0.3) is 0 Å². The Morgan fingerprint density at radius 1 is 1.41 bits per heavy atom. The van der Waals surface area contributed by atoms with Gasteiger partial charge in [-0.3, -0.25) is 0 Å². The van der Waals surface area contributed by atoms with E-state index in [0.29, 0.717) is 11.3 Å². The molecule has 5 heteroatoms. The molecule has 0 radical (unpaired) electrons. The van der Waals surface area contributed by atoms with Crippen molar-refractivity contribution in [2.24, 2.45) is 0 Å². The van der Waals surface area contributed by atoms with E-state index in [0.717, 1.165) is 4.90 Å². The lowest BCUT2D eigenvalue weighted by molar-refractivity contribution is 0.0600. The van der Waals surface area contributed by atoms with Gasteiger partial charge in [-0.05, 0) is 29.6 Å². The normalized spacial score (nSPS) is 10.2. The van der Waals surface area contributed by atoms with Gasteiger partial charge in [-0.15, -0.1) is 11.3 Å². The molecule has 1 heterocycles. The zero-order valence-corrected chi connectivity index (χ0v) is 10.8. The van der Waals surface area contributed by atoms with Crippen LogP contribution in [0.5, 0.6) is 0 Å². The first-order valence-electron chi connectivity index (χ1n) is 4.90. The molecule has 0 aliphatic carbocycles. The first kappa shape index (κ1) is 12.0. The smallest absolute Gasteiger partial charge is 0.337 e. The van der Waals surface area contributed by atoms with Crippen molar-refractivity contribution < 1.29 is 9.53 Å². The Balaban J connectivity index is 2.23. The Morgan fingerprint density at radius 2 is 2.24 bits per heavy atom. The van der Waals surface area contributed by atoms with E-state index in [1.54, 1.807) is 35.2 Å². The van der Waals surface area contributed by atoms with Crippen LogP contribution in [-0.2, 0) is 4.74 Å². The summed E-state index contributed by atoms with van der Waals surface area (Å²) in [6.45, 7) is 0. The van der Waals surface area contributed by atoms with E-state index in [9.17, 15) is 4.79 Å². The molecule has 0 spiro atoms. The van der Waals surface area contributed by atoms with Crippen LogP contribution in [0.3, 0.4) is 0 Å². The highest BCUT2D eigenvalue weighted by molar-refractivity contribution is 8.01. The van der Waals surface area contributed by atoms with E-state index in [1.165, 1.54) is 11.3 Å². The molecule has 2 aromatic rings. The Morgan fingerprint density at radius 3 is 2.82 bits per heavy atom. The third kappa shape index (κ3) is 2.81. The van der Waals surface area contributed by atoms with E-state index in [1.807, 2.05) is 23.6 Å². The van der Waals surface area contributed by atoms with Crippen LogP contribution in [0, 0.1) is 0 Å². The number of hydrogen-bond donors (Lipinski definition) is 1. The minimum absolute atomic E-state index is 0.371. The Bertz CT molecular complexity index is 523. The van der Waals surface area contributed by atoms with Crippen molar-refractivity contribution >= 4 is 34.8 Å². The molecule has 2 N–H and O–H groups in total. The summed E-state index contributed by atoms with van der Waals surface area (Å²) in [7, 11) is 1.35. The van der Waals surface area contributed by atoms with Crippen LogP contribution >= 0.6 is 23.1 Å². The Labute approximate surface area is 108 Å². The molecule has 2 rings (SSSR count). The SMILES string of the molecule is COC(=O)c1ccc(Sc2cccs2)c(N)c1. The van der Waals surface area contributed by atoms with E-state index in [2.05, 4.69) is 4.74 Å². The second-order valence-electron chi connectivity index (χ2n) is 3.28. The molecular formula is C12H11NO2S2. The molecule has 3 nitrogen and oxygen atoms in total. The molecule has 17 heavy (non-hydrogen) atoms. The lowest BCUT2D eigenvalue weighted by Crippen LogP contribution is -2.02. The highest BCUT2D eigenvalue weighted by Gasteiger charge is 2.09. The summed E-state index contributed by atoms with van der Waals surface area (Å²) in [6.07, 6.45) is 0. The van der Waals surface area contributed by atoms with Gasteiger partial charge in [0, 0.05) is 10.6 Å². The summed E-state index contributed by atoms with van der Waals surface area (Å²) < 4.78 is 5.81. The van der Waals surface area contributed by atoms with Gasteiger partial charge >= 0.3 is 5.97 Å². The van der Waals surface area contributed by atoms with E-state index in [-0.39, 0.29) is 5.97 Å². The predicted molar refractivity (Wildman–Crippen MR) is 70.6 cm³/mol. The number of nitrogens with two attached hydrogens (primary N) is 1. The molecule has 0 saturated carbocycles. The molecule has 0 saturated heterocycles. The maximum Gasteiger partial charge on any atom is 0.337 e. The third-order valence-electron chi connectivity index (χ3n) is 2.14. The highest BCUT2D eigenvalue weighted by Crippen LogP contribution is 2.35. The van der Waals surface area contributed by atoms with Gasteiger partial charge in [0.1, 0.15) is 0 Å². The summed E-state index contributed by atoms with van der Waals surface area (Å²) in [5.41, 5.74) is 6.97. The first-order chi connectivity index (χ1) is 8.20. The Hall–Kier alpha value is -1.46. The number of carbonyl (C=O) groups is 1. The number of thiophene rings is 1. The fourth-order valence-electron chi connectivity index (χ4n) is 1.32. The lowest BCUT2D eigenvalue weighted by Gasteiger charge is -2.05. The van der Waals surface area contributed by atoms with E-state index < -0.39 is 0 Å². The van der Waals surface area contributed by atoms with Gasteiger partial charge in [0.15, 0.2) is 0 Å². The molecule has 0 unspecified atom stereocenters. The first-order valence-corrected chi connectivity index (χ1v) is 6.59. The van der Waals surface area contributed by atoms with Gasteiger partial charge in [-0.1, -0.05) is 17.8 Å². The van der Waals surface area contributed by atoms with Crippen molar-refractivity contribution in [3.05, 3.63) is 41.3 Å². The predicted octanol–water partition coefficient (Wildman–Crippen LogP) is 3.27. The molecule has 0 fully saturated rings. The van der Waals surface area contributed by atoms with Crippen LogP contribution in [-0.4, -0.2) is 13.1 Å². The summed E-state index contributed by atoms with van der Waals surface area (Å²) >= 11 is 3.25. The average molecular weight is 265 g/mol. The summed E-state index contributed by atoms with van der Waals surface area (Å²) in [6, 6.07) is 9.22. The fraction of sp³-hybridized carbons (Fsp3) is 0.0833. The topological polar surface area (TPSA) is 52.3 Å². The molecule has 1 aromatic carbocycles. The molecule has 0 atom stereocenters. The van der Waals surface area contributed by atoms with Crippen LogP contribution < -0.4 is 5.73 Å². The highest BCUT2D eigenvalue weighted by atomic mass is 32.2. The summed E-state index contributed by atoms with van der Waals surface area (Å²) in [5.74, 6) is -0.371. The van der Waals surface area contributed by atoms with Gasteiger partial charge < -0.3 is 10.5 Å². The minimum Gasteiger partial charge on any atom is -0.465 e. The maximum absolute atomic E-state index is 11.3. The zero-order chi connectivity index (χ0) is 12.3. The summed E-state index contributed by atoms with van der Waals surface area (Å²) in [5, 5.41) is 2.02. The second kappa shape index (κ2) is 5.25. The number of hydrogen-bond acceptors (Lipinski definition) is 5. The fourth-order valence-corrected chi connectivity index (χ4v) is 3.07. The summed E-state index contributed by atoms with van der Waals surface area (Å²) in [4.78, 5) is 12.3. The maximum atomic E-state index is 11.3. The minimum atomic E-state index is -0.371. The standard InChI is InChI=1S/C12H11NO2S2/c1-15-12(14)8-4-5-10(9(13)7-8)17-11-3-2-6-16-11/h2-7H,13H2,1H3. The van der Waals surface area contributed by atoms with Gasteiger partial charge in [-0.25, -0.2) is 4.79 Å². The molecule has 1 aromatic heterocycles. The van der Waals surface area contributed by atoms with Gasteiger partial charge in [-0.2, -0.15) is 0 Å². The number of anilines is 1. The number of nitrogen functional groups attached to an aromatic ring is 1. The van der Waals surface area contributed by atoms with Crippen LogP contribution in [0.15, 0.2) is 44.8 Å². The van der Waals surface area contributed by atoms with E-state index in [4.69, 9.17) is 5.73 Å². The molecule has 0 aliphatic heterocycles. The lowest BCUT2D eigenvalue weighted by atomic mass is 10.2. The zero-order valence-electron chi connectivity index (χ0n) is 9.17. The number of ether oxygens (including phenoxy) is 1. The molecule has 0 aliphatic rings. The van der Waals surface area contributed by atoms with Crippen LogP contribution in [0.25, 0.3) is 0 Å². The van der Waals surface area contributed by atoms with Crippen molar-refractivity contribution in [3.8, 4) is 0 Å². The van der Waals surface area contributed by atoms with Crippen LogP contribution in [0.2, 0.25) is 0 Å². The largest absolute Gasteiger partial charge is 0.465 e. The number of esters is 1. The van der Waals surface area contributed by atoms with E-state index >= 15 is 0 Å². The number of rotatable bonds is 3. The number of carbonyl (C=O) groups excluding carboxylic acids is 1. The molecule has 88 valence electrons. The average Bonchev–Trinajstić information content (AvgIpc) is 2.83. The van der Waals surface area contributed by atoms with Gasteiger partial charge in [0.2, 0.25) is 0 Å². The van der Waals surface area contributed by atoms with Crippen molar-refractivity contribution in [3.63, 3.8) is 0 Å². The van der Waals surface area contributed by atoms with Crippen molar-refractivity contribution in [1.82, 2.24) is 0 Å². The quantitative estimate of drug-likeness (QED) is 0.683. The molecule has 0 amide bonds. The Kier molecular flexibility index (Phi) is 3.71. The van der Waals surface area contributed by atoms with Gasteiger partial charge in [0.05, 0.1) is 16.9 Å². The van der Waals surface area contributed by atoms with Crippen molar-refractivity contribution in [1.29, 1.82) is 0 Å². The van der Waals surface area contributed by atoms with Crippen molar-refractivity contribution in [2.45, 2.75) is 9.10 Å². The molecular weight excluding hydrogens is 254 g/mol. The molecule has 0 bridgehead atoms. The van der Waals surface area contributed by atoms with Crippen molar-refractivity contribution in [2.75, 3.05) is 12.8 Å². The van der Waals surface area contributed by atoms with Crippen LogP contribution in [0.4, 0.5) is 5.69 Å². The monoisotopic (exact) mass is 265 g/mol. The third-order valence-corrected chi connectivity index (χ3v) is 4.27. The van der Waals surface area contributed by atoms with Crippen LogP contribution in [0.1, 0.15) is 10.4 Å². The number of methoxy groups -OCH3 is 1. The number of benzene rings is 1.